The van der Waals surface area contributed by atoms with E-state index < -0.39 is 9.84 Å². The zero-order valence-electron chi connectivity index (χ0n) is 10.4. The minimum absolute atomic E-state index is 0.148. The molecule has 100 valence electrons. The van der Waals surface area contributed by atoms with Crippen LogP contribution in [-0.2, 0) is 14.6 Å². The van der Waals surface area contributed by atoms with Crippen LogP contribution in [0.4, 0.5) is 0 Å². The molecule has 1 atom stereocenters. The molecule has 2 aliphatic rings. The number of nitrogens with one attached hydrogen (secondary N) is 1. The highest BCUT2D eigenvalue weighted by atomic mass is 32.2. The average molecular weight is 261 g/mol. The van der Waals surface area contributed by atoms with Gasteiger partial charge in [0.2, 0.25) is 0 Å². The van der Waals surface area contributed by atoms with Gasteiger partial charge in [-0.1, -0.05) is 19.3 Å². The molecule has 1 aliphatic carbocycles. The van der Waals surface area contributed by atoms with E-state index in [1.165, 1.54) is 32.1 Å². The Balaban J connectivity index is 1.54. The molecule has 0 spiro atoms. The molecule has 1 saturated carbocycles. The van der Waals surface area contributed by atoms with Crippen molar-refractivity contribution in [2.24, 2.45) is 0 Å². The zero-order valence-corrected chi connectivity index (χ0v) is 11.2. The summed E-state index contributed by atoms with van der Waals surface area (Å²) in [7, 11) is -2.76. The zero-order chi connectivity index (χ0) is 12.1. The first-order valence-electron chi connectivity index (χ1n) is 6.71. The molecule has 0 bridgehead atoms. The summed E-state index contributed by atoms with van der Waals surface area (Å²) in [4.78, 5) is 0. The number of ether oxygens (including phenoxy) is 1. The molecule has 0 aromatic heterocycles. The van der Waals surface area contributed by atoms with Gasteiger partial charge in [-0.25, -0.2) is 8.42 Å². The van der Waals surface area contributed by atoms with Crippen molar-refractivity contribution in [3.05, 3.63) is 0 Å². The molecule has 1 saturated heterocycles. The van der Waals surface area contributed by atoms with Crippen molar-refractivity contribution < 1.29 is 13.2 Å². The van der Waals surface area contributed by atoms with E-state index in [4.69, 9.17) is 4.74 Å². The van der Waals surface area contributed by atoms with Crippen LogP contribution in [0.25, 0.3) is 0 Å². The molecule has 1 heterocycles. The van der Waals surface area contributed by atoms with E-state index in [9.17, 15) is 8.42 Å². The van der Waals surface area contributed by atoms with Gasteiger partial charge in [0.1, 0.15) is 0 Å². The fraction of sp³-hybridized carbons (Fsp3) is 1.00. The predicted octanol–water partition coefficient (Wildman–Crippen LogP) is 1.11. The fourth-order valence-electron chi connectivity index (χ4n) is 2.68. The molecule has 0 aromatic rings. The summed E-state index contributed by atoms with van der Waals surface area (Å²) in [6.45, 7) is 1.48. The molecular weight excluding hydrogens is 238 g/mol. The Morgan fingerprint density at radius 1 is 1.12 bits per heavy atom. The van der Waals surface area contributed by atoms with Crippen LogP contribution in [0, 0.1) is 0 Å². The molecular formula is C12H23NO3S. The van der Waals surface area contributed by atoms with E-state index in [-0.39, 0.29) is 6.04 Å². The molecule has 1 N–H and O–H groups in total. The molecule has 1 aliphatic heterocycles. The Hall–Kier alpha value is -0.130. The third kappa shape index (κ3) is 4.56. The van der Waals surface area contributed by atoms with Crippen LogP contribution in [-0.4, -0.2) is 45.2 Å². The quantitative estimate of drug-likeness (QED) is 0.753. The van der Waals surface area contributed by atoms with Crippen LogP contribution in [0.5, 0.6) is 0 Å². The Labute approximate surface area is 104 Å². The summed E-state index contributed by atoms with van der Waals surface area (Å²) in [6, 6.07) is 0.148. The van der Waals surface area contributed by atoms with Crippen molar-refractivity contribution in [3.8, 4) is 0 Å². The summed E-state index contributed by atoms with van der Waals surface area (Å²) < 4.78 is 28.3. The largest absolute Gasteiger partial charge is 0.377 e. The summed E-state index contributed by atoms with van der Waals surface area (Å²) in [6.07, 6.45) is 7.51. The maximum Gasteiger partial charge on any atom is 0.151 e. The van der Waals surface area contributed by atoms with Gasteiger partial charge in [0.05, 0.1) is 24.2 Å². The lowest BCUT2D eigenvalue weighted by atomic mass is 9.98. The van der Waals surface area contributed by atoms with E-state index in [0.29, 0.717) is 24.2 Å². The standard InChI is InChI=1S/C12H23NO3S/c14-17(15)9-6-11(10-17)13-7-8-16-12-4-2-1-3-5-12/h11-13H,1-10H2. The highest BCUT2D eigenvalue weighted by Crippen LogP contribution is 2.20. The highest BCUT2D eigenvalue weighted by Gasteiger charge is 2.27. The minimum atomic E-state index is -2.76. The van der Waals surface area contributed by atoms with Gasteiger partial charge in [0.25, 0.3) is 0 Å². The van der Waals surface area contributed by atoms with Gasteiger partial charge < -0.3 is 10.1 Å². The lowest BCUT2D eigenvalue weighted by molar-refractivity contribution is 0.0296. The van der Waals surface area contributed by atoms with E-state index in [1.54, 1.807) is 0 Å². The average Bonchev–Trinajstić information content (AvgIpc) is 2.66. The van der Waals surface area contributed by atoms with Crippen molar-refractivity contribution in [3.63, 3.8) is 0 Å². The molecule has 4 nitrogen and oxygen atoms in total. The van der Waals surface area contributed by atoms with Crippen LogP contribution in [0.2, 0.25) is 0 Å². The molecule has 0 radical (unpaired) electrons. The molecule has 1 unspecified atom stereocenters. The fourth-order valence-corrected chi connectivity index (χ4v) is 4.38. The van der Waals surface area contributed by atoms with Crippen LogP contribution >= 0.6 is 0 Å². The summed E-state index contributed by atoms with van der Waals surface area (Å²) in [5.41, 5.74) is 0. The van der Waals surface area contributed by atoms with Crippen LogP contribution < -0.4 is 5.32 Å². The molecule has 0 aromatic carbocycles. The SMILES string of the molecule is O=S1(=O)CCC(NCCOC2CCCCC2)C1. The first kappa shape index (κ1) is 13.3. The number of sulfone groups is 1. The second kappa shape index (κ2) is 6.16. The summed E-state index contributed by atoms with van der Waals surface area (Å²) in [5.74, 6) is 0.643. The lowest BCUT2D eigenvalue weighted by Gasteiger charge is -2.22. The first-order valence-corrected chi connectivity index (χ1v) is 8.53. The third-order valence-corrected chi connectivity index (χ3v) is 5.44. The Morgan fingerprint density at radius 2 is 1.88 bits per heavy atom. The summed E-state index contributed by atoms with van der Waals surface area (Å²) >= 11 is 0. The van der Waals surface area contributed by atoms with Gasteiger partial charge in [-0.2, -0.15) is 0 Å². The maximum atomic E-state index is 11.2. The van der Waals surface area contributed by atoms with Crippen molar-refractivity contribution in [1.29, 1.82) is 0 Å². The van der Waals surface area contributed by atoms with Crippen LogP contribution in [0.3, 0.4) is 0 Å². The topological polar surface area (TPSA) is 55.4 Å². The number of hydrogen-bond acceptors (Lipinski definition) is 4. The highest BCUT2D eigenvalue weighted by molar-refractivity contribution is 7.91. The van der Waals surface area contributed by atoms with Crippen molar-refractivity contribution in [2.75, 3.05) is 24.7 Å². The molecule has 0 amide bonds. The normalized spacial score (nSPS) is 29.5. The van der Waals surface area contributed by atoms with Gasteiger partial charge >= 0.3 is 0 Å². The van der Waals surface area contributed by atoms with Gasteiger partial charge in [0, 0.05) is 12.6 Å². The molecule has 5 heteroatoms. The number of hydrogen-bond donors (Lipinski definition) is 1. The first-order chi connectivity index (χ1) is 8.16. The van der Waals surface area contributed by atoms with E-state index in [1.807, 2.05) is 0 Å². The molecule has 2 fully saturated rings. The van der Waals surface area contributed by atoms with Crippen molar-refractivity contribution in [1.82, 2.24) is 5.32 Å². The maximum absolute atomic E-state index is 11.2. The van der Waals surface area contributed by atoms with Gasteiger partial charge in [-0.15, -0.1) is 0 Å². The van der Waals surface area contributed by atoms with Gasteiger partial charge in [-0.3, -0.25) is 0 Å². The Kier molecular flexibility index (Phi) is 4.82. The van der Waals surface area contributed by atoms with Crippen LogP contribution in [0.1, 0.15) is 38.5 Å². The van der Waals surface area contributed by atoms with E-state index in [2.05, 4.69) is 5.32 Å². The van der Waals surface area contributed by atoms with E-state index >= 15 is 0 Å². The van der Waals surface area contributed by atoms with Gasteiger partial charge in [-0.05, 0) is 19.3 Å². The molecule has 17 heavy (non-hydrogen) atoms. The predicted molar refractivity (Wildman–Crippen MR) is 67.9 cm³/mol. The third-order valence-electron chi connectivity index (χ3n) is 3.67. The molecule has 2 rings (SSSR count). The van der Waals surface area contributed by atoms with Crippen LogP contribution in [0.15, 0.2) is 0 Å². The number of rotatable bonds is 5. The lowest BCUT2D eigenvalue weighted by Crippen LogP contribution is -2.33. The second-order valence-electron chi connectivity index (χ2n) is 5.18. The minimum Gasteiger partial charge on any atom is -0.377 e. The monoisotopic (exact) mass is 261 g/mol. The van der Waals surface area contributed by atoms with Gasteiger partial charge in [0.15, 0.2) is 9.84 Å². The van der Waals surface area contributed by atoms with Crippen molar-refractivity contribution >= 4 is 9.84 Å². The second-order valence-corrected chi connectivity index (χ2v) is 7.41. The Morgan fingerprint density at radius 3 is 2.53 bits per heavy atom. The Bertz CT molecular complexity index is 323. The van der Waals surface area contributed by atoms with Crippen molar-refractivity contribution in [2.45, 2.75) is 50.7 Å². The summed E-state index contributed by atoms with van der Waals surface area (Å²) in [5, 5.41) is 3.27. The smallest absolute Gasteiger partial charge is 0.151 e. The van der Waals surface area contributed by atoms with E-state index in [0.717, 1.165) is 13.0 Å².